The van der Waals surface area contributed by atoms with E-state index < -0.39 is 31.7 Å². The average molecular weight is 366 g/mol. The van der Waals surface area contributed by atoms with Gasteiger partial charge in [-0.05, 0) is 12.5 Å². The smallest absolute Gasteiger partial charge is 0.321 e. The fourth-order valence-electron chi connectivity index (χ4n) is 1.73. The van der Waals surface area contributed by atoms with E-state index in [-0.39, 0.29) is 17.7 Å². The zero-order valence-corrected chi connectivity index (χ0v) is 12.8. The molecule has 110 valence electrons. The van der Waals surface area contributed by atoms with Crippen LogP contribution in [0.15, 0.2) is 22.7 Å². The number of benzene rings is 1. The third kappa shape index (κ3) is 3.76. The van der Waals surface area contributed by atoms with E-state index in [9.17, 15) is 23.3 Å². The second-order valence-corrected chi connectivity index (χ2v) is 7.17. The molecule has 1 unspecified atom stereocenters. The number of carboxylic acid groups (broad SMARTS) is 1. The molecule has 0 heterocycles. The van der Waals surface area contributed by atoms with Gasteiger partial charge in [-0.3, -0.25) is 14.9 Å². The van der Waals surface area contributed by atoms with Crippen LogP contribution in [0, 0.1) is 10.1 Å². The van der Waals surface area contributed by atoms with Crippen LogP contribution in [0.5, 0.6) is 0 Å². The minimum absolute atomic E-state index is 0.0297. The van der Waals surface area contributed by atoms with Gasteiger partial charge in [0.05, 0.1) is 10.7 Å². The first kappa shape index (κ1) is 16.6. The maximum atomic E-state index is 12.0. The summed E-state index contributed by atoms with van der Waals surface area (Å²) in [4.78, 5) is 21.1. The standard InChI is InChI=1S/C11H12BrNO6S/c1-2-10(11(14)15)20(18,19)6-7-3-4-8(12)5-9(7)13(16)17/h3-5,10H,2,6H2,1H3,(H,14,15). The average Bonchev–Trinajstić information content (AvgIpc) is 2.30. The quantitative estimate of drug-likeness (QED) is 0.609. The molecule has 0 spiro atoms. The number of hydrogen-bond acceptors (Lipinski definition) is 5. The summed E-state index contributed by atoms with van der Waals surface area (Å²) in [5.41, 5.74) is -0.388. The Kier molecular flexibility index (Phi) is 5.23. The Hall–Kier alpha value is -1.48. The maximum Gasteiger partial charge on any atom is 0.321 e. The fraction of sp³-hybridized carbons (Fsp3) is 0.364. The summed E-state index contributed by atoms with van der Waals surface area (Å²) >= 11 is 3.06. The van der Waals surface area contributed by atoms with Crippen molar-refractivity contribution in [3.05, 3.63) is 38.3 Å². The van der Waals surface area contributed by atoms with Crippen LogP contribution in [0.1, 0.15) is 18.9 Å². The Morgan fingerprint density at radius 2 is 2.10 bits per heavy atom. The summed E-state index contributed by atoms with van der Waals surface area (Å²) in [6, 6.07) is 3.96. The second-order valence-electron chi connectivity index (χ2n) is 4.07. The molecule has 1 atom stereocenters. The third-order valence-electron chi connectivity index (χ3n) is 2.68. The predicted octanol–water partition coefficient (Wildman–Crippen LogP) is 2.14. The molecule has 0 aliphatic rings. The Morgan fingerprint density at radius 1 is 1.50 bits per heavy atom. The molecule has 0 amide bonds. The van der Waals surface area contributed by atoms with Crippen LogP contribution in [-0.4, -0.2) is 29.7 Å². The van der Waals surface area contributed by atoms with Crippen LogP contribution in [0.4, 0.5) is 5.69 Å². The monoisotopic (exact) mass is 365 g/mol. The van der Waals surface area contributed by atoms with Gasteiger partial charge in [-0.15, -0.1) is 0 Å². The molecule has 1 N–H and O–H groups in total. The number of nitro benzene ring substituents is 1. The van der Waals surface area contributed by atoms with Crippen molar-refractivity contribution < 1.29 is 23.2 Å². The van der Waals surface area contributed by atoms with E-state index >= 15 is 0 Å². The van der Waals surface area contributed by atoms with Crippen molar-refractivity contribution >= 4 is 37.4 Å². The summed E-state index contributed by atoms with van der Waals surface area (Å²) in [6.07, 6.45) is -0.0952. The topological polar surface area (TPSA) is 115 Å². The number of sulfone groups is 1. The van der Waals surface area contributed by atoms with Gasteiger partial charge in [0.1, 0.15) is 0 Å². The molecule has 0 saturated heterocycles. The van der Waals surface area contributed by atoms with Gasteiger partial charge in [-0.2, -0.15) is 0 Å². The molecule has 20 heavy (non-hydrogen) atoms. The highest BCUT2D eigenvalue weighted by molar-refractivity contribution is 9.10. The zero-order chi connectivity index (χ0) is 15.5. The molecular weight excluding hydrogens is 354 g/mol. The summed E-state index contributed by atoms with van der Waals surface area (Å²) in [7, 11) is -4.01. The number of rotatable bonds is 6. The van der Waals surface area contributed by atoms with E-state index in [1.807, 2.05) is 0 Å². The van der Waals surface area contributed by atoms with Crippen LogP contribution in [0.25, 0.3) is 0 Å². The van der Waals surface area contributed by atoms with Gasteiger partial charge in [0.25, 0.3) is 5.69 Å². The minimum Gasteiger partial charge on any atom is -0.480 e. The first-order valence-corrected chi connectivity index (χ1v) is 8.07. The summed E-state index contributed by atoms with van der Waals surface area (Å²) in [5.74, 6) is -2.13. The van der Waals surface area contributed by atoms with E-state index in [0.29, 0.717) is 4.47 Å². The van der Waals surface area contributed by atoms with E-state index in [1.165, 1.54) is 25.1 Å². The van der Waals surface area contributed by atoms with Crippen LogP contribution in [0.2, 0.25) is 0 Å². The van der Waals surface area contributed by atoms with Gasteiger partial charge in [-0.1, -0.05) is 28.9 Å². The molecule has 0 saturated carbocycles. The van der Waals surface area contributed by atoms with E-state index in [4.69, 9.17) is 5.11 Å². The largest absolute Gasteiger partial charge is 0.480 e. The zero-order valence-electron chi connectivity index (χ0n) is 10.4. The number of aliphatic carboxylic acids is 1. The van der Waals surface area contributed by atoms with Gasteiger partial charge < -0.3 is 5.11 Å². The lowest BCUT2D eigenvalue weighted by atomic mass is 10.2. The molecule has 9 heteroatoms. The van der Waals surface area contributed by atoms with Crippen molar-refractivity contribution in [1.82, 2.24) is 0 Å². The fourth-order valence-corrected chi connectivity index (χ4v) is 3.77. The molecule has 0 aromatic heterocycles. The van der Waals surface area contributed by atoms with E-state index in [1.54, 1.807) is 0 Å². The summed E-state index contributed by atoms with van der Waals surface area (Å²) in [5, 5.41) is 18.2. The number of carbonyl (C=O) groups is 1. The van der Waals surface area contributed by atoms with Crippen molar-refractivity contribution in [2.24, 2.45) is 0 Å². The van der Waals surface area contributed by atoms with Gasteiger partial charge in [0.2, 0.25) is 0 Å². The summed E-state index contributed by atoms with van der Waals surface area (Å²) < 4.78 is 24.5. The van der Waals surface area contributed by atoms with Crippen molar-refractivity contribution in [2.45, 2.75) is 24.3 Å². The number of carboxylic acids is 1. The van der Waals surface area contributed by atoms with Crippen molar-refractivity contribution in [3.63, 3.8) is 0 Å². The summed E-state index contributed by atoms with van der Waals surface area (Å²) in [6.45, 7) is 1.44. The Labute approximate surface area is 123 Å². The number of hydrogen-bond donors (Lipinski definition) is 1. The molecule has 1 rings (SSSR count). The third-order valence-corrected chi connectivity index (χ3v) is 5.29. The normalized spacial score (nSPS) is 12.9. The van der Waals surface area contributed by atoms with Crippen molar-refractivity contribution in [3.8, 4) is 0 Å². The molecule has 1 aromatic carbocycles. The van der Waals surface area contributed by atoms with E-state index in [2.05, 4.69) is 15.9 Å². The van der Waals surface area contributed by atoms with E-state index in [0.717, 1.165) is 0 Å². The maximum absolute atomic E-state index is 12.0. The predicted molar refractivity (Wildman–Crippen MR) is 75.1 cm³/mol. The van der Waals surface area contributed by atoms with Crippen molar-refractivity contribution in [1.29, 1.82) is 0 Å². The van der Waals surface area contributed by atoms with Crippen molar-refractivity contribution in [2.75, 3.05) is 0 Å². The molecule has 0 aliphatic heterocycles. The molecule has 0 fully saturated rings. The Morgan fingerprint density at radius 3 is 2.55 bits per heavy atom. The number of nitro groups is 1. The highest BCUT2D eigenvalue weighted by Gasteiger charge is 2.32. The van der Waals surface area contributed by atoms with Gasteiger partial charge in [0, 0.05) is 16.1 Å². The lowest BCUT2D eigenvalue weighted by molar-refractivity contribution is -0.385. The highest BCUT2D eigenvalue weighted by Crippen LogP contribution is 2.26. The first-order chi connectivity index (χ1) is 9.19. The molecular formula is C11H12BrNO6S. The Bertz CT molecular complexity index is 642. The van der Waals surface area contributed by atoms with Gasteiger partial charge in [0.15, 0.2) is 15.1 Å². The first-order valence-electron chi connectivity index (χ1n) is 5.56. The number of halogens is 1. The molecule has 0 radical (unpaired) electrons. The molecule has 0 aliphatic carbocycles. The van der Waals surface area contributed by atoms with Crippen LogP contribution in [0.3, 0.4) is 0 Å². The molecule has 1 aromatic rings. The van der Waals surface area contributed by atoms with Gasteiger partial charge in [-0.25, -0.2) is 8.42 Å². The minimum atomic E-state index is -4.01. The van der Waals surface area contributed by atoms with Crippen LogP contribution in [-0.2, 0) is 20.4 Å². The second kappa shape index (κ2) is 6.31. The SMILES string of the molecule is CCC(C(=O)O)S(=O)(=O)Cc1ccc(Br)cc1[N+](=O)[O-]. The lowest BCUT2D eigenvalue weighted by Gasteiger charge is -2.11. The Balaban J connectivity index is 3.22. The van der Waals surface area contributed by atoms with Crippen LogP contribution < -0.4 is 0 Å². The highest BCUT2D eigenvalue weighted by atomic mass is 79.9. The lowest BCUT2D eigenvalue weighted by Crippen LogP contribution is -2.30. The molecule has 0 bridgehead atoms. The molecule has 7 nitrogen and oxygen atoms in total. The number of nitrogens with zero attached hydrogens (tertiary/aromatic N) is 1. The van der Waals surface area contributed by atoms with Gasteiger partial charge >= 0.3 is 5.97 Å². The van der Waals surface area contributed by atoms with Crippen LogP contribution >= 0.6 is 15.9 Å².